The number of rotatable bonds is 8. The Kier molecular flexibility index (Phi) is 6.03. The Morgan fingerprint density at radius 1 is 1.05 bits per heavy atom. The first kappa shape index (κ1) is 15.0. The maximum absolute atomic E-state index is 9.09. The monoisotopic (exact) mass is 271 g/mol. The molecule has 2 rings (SSSR count). The van der Waals surface area contributed by atoms with Gasteiger partial charge in [0.2, 0.25) is 0 Å². The molecule has 1 atom stereocenters. The van der Waals surface area contributed by atoms with Gasteiger partial charge in [-0.15, -0.1) is 0 Å². The fourth-order valence-corrected chi connectivity index (χ4v) is 2.80. The maximum Gasteiger partial charge on any atom is 0.0434 e. The van der Waals surface area contributed by atoms with Crippen LogP contribution in [0.3, 0.4) is 0 Å². The maximum atomic E-state index is 9.09. The molecule has 0 radical (unpaired) electrons. The van der Waals surface area contributed by atoms with E-state index in [-0.39, 0.29) is 0 Å². The first-order valence-electron chi connectivity index (χ1n) is 7.63. The number of fused-ring (bicyclic) bond motifs is 1. The van der Waals surface area contributed by atoms with Crippen LogP contribution in [0.15, 0.2) is 42.5 Å². The molecule has 20 heavy (non-hydrogen) atoms. The van der Waals surface area contributed by atoms with Gasteiger partial charge in [-0.25, -0.2) is 0 Å². The fourth-order valence-electron chi connectivity index (χ4n) is 2.80. The van der Waals surface area contributed by atoms with E-state index in [0.29, 0.717) is 12.5 Å². The van der Waals surface area contributed by atoms with Gasteiger partial charge in [-0.3, -0.25) is 0 Å². The number of nitrogens with one attached hydrogen (secondary N) is 1. The third-order valence-corrected chi connectivity index (χ3v) is 3.86. The molecule has 108 valence electrons. The molecule has 0 fully saturated rings. The zero-order chi connectivity index (χ0) is 14.2. The highest BCUT2D eigenvalue weighted by Crippen LogP contribution is 2.18. The van der Waals surface area contributed by atoms with E-state index in [4.69, 9.17) is 5.11 Å². The molecular formula is C18H25NO. The highest BCUT2D eigenvalue weighted by molar-refractivity contribution is 5.85. The summed E-state index contributed by atoms with van der Waals surface area (Å²) in [7, 11) is 0. The van der Waals surface area contributed by atoms with Crippen molar-refractivity contribution < 1.29 is 5.11 Å². The van der Waals surface area contributed by atoms with E-state index in [9.17, 15) is 0 Å². The SMILES string of the molecule is CCCC(CCO)CNCc1cccc2ccccc12. The van der Waals surface area contributed by atoms with Crippen molar-refractivity contribution in [1.29, 1.82) is 0 Å². The molecule has 0 heterocycles. The molecule has 2 nitrogen and oxygen atoms in total. The molecule has 0 amide bonds. The third kappa shape index (κ3) is 4.06. The third-order valence-electron chi connectivity index (χ3n) is 3.86. The number of aliphatic hydroxyl groups is 1. The molecule has 0 aromatic heterocycles. The molecule has 2 aromatic rings. The molecule has 1 unspecified atom stereocenters. The largest absolute Gasteiger partial charge is 0.396 e. The molecule has 2 N–H and O–H groups in total. The van der Waals surface area contributed by atoms with Gasteiger partial charge in [0, 0.05) is 13.2 Å². The summed E-state index contributed by atoms with van der Waals surface area (Å²) >= 11 is 0. The van der Waals surface area contributed by atoms with Crippen LogP contribution in [0.4, 0.5) is 0 Å². The van der Waals surface area contributed by atoms with Gasteiger partial charge in [0.25, 0.3) is 0 Å². The van der Waals surface area contributed by atoms with Gasteiger partial charge >= 0.3 is 0 Å². The number of benzene rings is 2. The van der Waals surface area contributed by atoms with Gasteiger partial charge in [0.05, 0.1) is 0 Å². The molecule has 0 aliphatic heterocycles. The average Bonchev–Trinajstić information content (AvgIpc) is 2.48. The van der Waals surface area contributed by atoms with Crippen molar-refractivity contribution in [2.75, 3.05) is 13.2 Å². The molecular weight excluding hydrogens is 246 g/mol. The molecule has 0 spiro atoms. The zero-order valence-corrected chi connectivity index (χ0v) is 12.3. The van der Waals surface area contributed by atoms with Gasteiger partial charge in [-0.1, -0.05) is 55.8 Å². The summed E-state index contributed by atoms with van der Waals surface area (Å²) in [5.41, 5.74) is 1.35. The molecule has 0 aliphatic rings. The zero-order valence-electron chi connectivity index (χ0n) is 12.3. The van der Waals surface area contributed by atoms with Gasteiger partial charge in [0.15, 0.2) is 0 Å². The topological polar surface area (TPSA) is 32.3 Å². The summed E-state index contributed by atoms with van der Waals surface area (Å²) in [6, 6.07) is 15.0. The van der Waals surface area contributed by atoms with Crippen LogP contribution in [0.5, 0.6) is 0 Å². The summed E-state index contributed by atoms with van der Waals surface area (Å²) in [6.45, 7) is 4.38. The molecule has 0 bridgehead atoms. The lowest BCUT2D eigenvalue weighted by Crippen LogP contribution is -2.23. The summed E-state index contributed by atoms with van der Waals surface area (Å²) in [5, 5.41) is 15.3. The smallest absolute Gasteiger partial charge is 0.0434 e. The Labute approximate surface area is 121 Å². The predicted octanol–water partition coefficient (Wildman–Crippen LogP) is 3.73. The Morgan fingerprint density at radius 3 is 2.65 bits per heavy atom. The average molecular weight is 271 g/mol. The highest BCUT2D eigenvalue weighted by Gasteiger charge is 2.07. The second kappa shape index (κ2) is 8.03. The second-order valence-corrected chi connectivity index (χ2v) is 5.44. The highest BCUT2D eigenvalue weighted by atomic mass is 16.3. The van der Waals surface area contributed by atoms with Gasteiger partial charge in [0.1, 0.15) is 0 Å². The van der Waals surface area contributed by atoms with Crippen LogP contribution in [0.2, 0.25) is 0 Å². The van der Waals surface area contributed by atoms with E-state index in [2.05, 4.69) is 54.7 Å². The molecule has 2 aromatic carbocycles. The van der Waals surface area contributed by atoms with Crippen molar-refractivity contribution in [3.63, 3.8) is 0 Å². The van der Waals surface area contributed by atoms with Crippen molar-refractivity contribution >= 4 is 10.8 Å². The summed E-state index contributed by atoms with van der Waals surface area (Å²) in [4.78, 5) is 0. The lowest BCUT2D eigenvalue weighted by atomic mass is 10.00. The van der Waals surface area contributed by atoms with Crippen LogP contribution >= 0.6 is 0 Å². The van der Waals surface area contributed by atoms with E-state index in [1.54, 1.807) is 0 Å². The molecule has 2 heteroatoms. The summed E-state index contributed by atoms with van der Waals surface area (Å²) in [5.74, 6) is 0.583. The second-order valence-electron chi connectivity index (χ2n) is 5.44. The number of aliphatic hydroxyl groups excluding tert-OH is 1. The van der Waals surface area contributed by atoms with Crippen molar-refractivity contribution in [1.82, 2.24) is 5.32 Å². The van der Waals surface area contributed by atoms with Crippen molar-refractivity contribution in [3.8, 4) is 0 Å². The Hall–Kier alpha value is -1.38. The van der Waals surface area contributed by atoms with E-state index < -0.39 is 0 Å². The van der Waals surface area contributed by atoms with E-state index in [1.165, 1.54) is 29.2 Å². The fraction of sp³-hybridized carbons (Fsp3) is 0.444. The van der Waals surface area contributed by atoms with E-state index >= 15 is 0 Å². The first-order chi connectivity index (χ1) is 9.85. The van der Waals surface area contributed by atoms with Gasteiger partial charge in [-0.2, -0.15) is 0 Å². The van der Waals surface area contributed by atoms with Crippen LogP contribution in [0.25, 0.3) is 10.8 Å². The van der Waals surface area contributed by atoms with Crippen molar-refractivity contribution in [2.24, 2.45) is 5.92 Å². The molecule has 0 saturated heterocycles. The minimum absolute atomic E-state index is 0.292. The summed E-state index contributed by atoms with van der Waals surface area (Å²) < 4.78 is 0. The Bertz CT molecular complexity index is 512. The molecule has 0 aliphatic carbocycles. The summed E-state index contributed by atoms with van der Waals surface area (Å²) in [6.07, 6.45) is 3.26. The normalized spacial score (nSPS) is 12.7. The Morgan fingerprint density at radius 2 is 1.85 bits per heavy atom. The lowest BCUT2D eigenvalue weighted by Gasteiger charge is -2.16. The van der Waals surface area contributed by atoms with Crippen LogP contribution in [-0.2, 0) is 6.54 Å². The van der Waals surface area contributed by atoms with Gasteiger partial charge in [-0.05, 0) is 41.6 Å². The first-order valence-corrected chi connectivity index (χ1v) is 7.63. The minimum Gasteiger partial charge on any atom is -0.396 e. The van der Waals surface area contributed by atoms with Crippen LogP contribution in [0.1, 0.15) is 31.7 Å². The van der Waals surface area contributed by atoms with E-state index in [1.807, 2.05) is 0 Å². The lowest BCUT2D eigenvalue weighted by molar-refractivity contribution is 0.248. The van der Waals surface area contributed by atoms with Crippen molar-refractivity contribution in [3.05, 3.63) is 48.0 Å². The van der Waals surface area contributed by atoms with Crippen LogP contribution in [-0.4, -0.2) is 18.3 Å². The Balaban J connectivity index is 1.95. The standard InChI is InChI=1S/C18H25NO/c1-2-6-15(11-12-20)13-19-14-17-9-5-8-16-7-3-4-10-18(16)17/h3-5,7-10,15,19-20H,2,6,11-14H2,1H3. The van der Waals surface area contributed by atoms with Crippen molar-refractivity contribution in [2.45, 2.75) is 32.7 Å². The van der Waals surface area contributed by atoms with E-state index in [0.717, 1.165) is 19.5 Å². The minimum atomic E-state index is 0.292. The van der Waals surface area contributed by atoms with Crippen LogP contribution < -0.4 is 5.32 Å². The predicted molar refractivity (Wildman–Crippen MR) is 85.8 cm³/mol. The quantitative estimate of drug-likeness (QED) is 0.767. The number of hydrogen-bond donors (Lipinski definition) is 2. The number of hydrogen-bond acceptors (Lipinski definition) is 2. The van der Waals surface area contributed by atoms with Crippen LogP contribution in [0, 0.1) is 5.92 Å². The van der Waals surface area contributed by atoms with Gasteiger partial charge < -0.3 is 10.4 Å². The molecule has 0 saturated carbocycles.